The molecule has 0 unspecified atom stereocenters. The Hall–Kier alpha value is -6.44. The van der Waals surface area contributed by atoms with Gasteiger partial charge in [0.05, 0.1) is 11.0 Å². The van der Waals surface area contributed by atoms with Crippen molar-refractivity contribution >= 4 is 54.1 Å². The van der Waals surface area contributed by atoms with Crippen LogP contribution in [0.1, 0.15) is 11.1 Å². The van der Waals surface area contributed by atoms with Gasteiger partial charge in [-0.2, -0.15) is 0 Å². The van der Waals surface area contributed by atoms with Gasteiger partial charge in [-0.15, -0.1) is 0 Å². The van der Waals surface area contributed by atoms with Gasteiger partial charge in [0, 0.05) is 16.5 Å². The van der Waals surface area contributed by atoms with Crippen LogP contribution < -0.4 is 0 Å². The van der Waals surface area contributed by atoms with Crippen molar-refractivity contribution in [3.05, 3.63) is 187 Å². The van der Waals surface area contributed by atoms with Crippen molar-refractivity contribution in [2.45, 2.75) is 13.8 Å². The van der Waals surface area contributed by atoms with E-state index in [0.717, 1.165) is 0 Å². The first-order valence-corrected chi connectivity index (χ1v) is 17.8. The summed E-state index contributed by atoms with van der Waals surface area (Å²) in [5.41, 5.74) is 13.8. The van der Waals surface area contributed by atoms with Crippen LogP contribution in [-0.2, 0) is 0 Å². The molecule has 0 saturated heterocycles. The lowest BCUT2D eigenvalue weighted by Gasteiger charge is -2.20. The number of aryl methyl sites for hydroxylation is 2. The standard InChI is InChI=1S/C50H35N/c1-32-29-48(51-46-23-13-12-18-39(46)45-31-38(26-27-47(45)51)37-25-24-34-14-6-7-17-36(34)30-37)33(2)28-44(32)50-42-21-10-8-19-40(42)49(35-15-4-3-5-16-35)41-20-9-11-22-43(41)50/h3-31H,1-2H3. The Morgan fingerprint density at radius 2 is 0.882 bits per heavy atom. The van der Waals surface area contributed by atoms with E-state index in [0.29, 0.717) is 0 Å². The molecule has 1 nitrogen and oxygen atoms in total. The van der Waals surface area contributed by atoms with Gasteiger partial charge in [0.15, 0.2) is 0 Å². The molecule has 0 saturated carbocycles. The molecule has 0 aliphatic rings. The molecule has 0 spiro atoms. The van der Waals surface area contributed by atoms with E-state index in [1.807, 2.05) is 0 Å². The number of aromatic nitrogens is 1. The maximum Gasteiger partial charge on any atom is 0.0541 e. The molecule has 0 bridgehead atoms. The zero-order chi connectivity index (χ0) is 34.1. The van der Waals surface area contributed by atoms with Gasteiger partial charge >= 0.3 is 0 Å². The number of hydrogen-bond donors (Lipinski definition) is 0. The van der Waals surface area contributed by atoms with Gasteiger partial charge in [-0.3, -0.25) is 0 Å². The van der Waals surface area contributed by atoms with Crippen LogP contribution in [0.2, 0.25) is 0 Å². The average Bonchev–Trinajstić information content (AvgIpc) is 3.51. The highest BCUT2D eigenvalue weighted by atomic mass is 15.0. The minimum absolute atomic E-state index is 1.22. The number of nitrogens with zero attached hydrogens (tertiary/aromatic N) is 1. The van der Waals surface area contributed by atoms with Crippen LogP contribution in [-0.4, -0.2) is 4.57 Å². The Bertz CT molecular complexity index is 2920. The summed E-state index contributed by atoms with van der Waals surface area (Å²) in [5.74, 6) is 0. The lowest BCUT2D eigenvalue weighted by atomic mass is 9.84. The molecule has 9 aromatic carbocycles. The summed E-state index contributed by atoms with van der Waals surface area (Å²) >= 11 is 0. The summed E-state index contributed by atoms with van der Waals surface area (Å²) in [6, 6.07) is 64.7. The molecule has 1 aromatic heterocycles. The second-order valence-corrected chi connectivity index (χ2v) is 13.8. The molecule has 240 valence electrons. The molecule has 0 aliphatic heterocycles. The summed E-state index contributed by atoms with van der Waals surface area (Å²) in [6.45, 7) is 4.55. The third-order valence-electron chi connectivity index (χ3n) is 10.8. The molecule has 1 heterocycles. The molecule has 0 amide bonds. The number of benzene rings is 9. The first-order chi connectivity index (χ1) is 25.1. The normalized spacial score (nSPS) is 11.7. The van der Waals surface area contributed by atoms with Crippen LogP contribution in [0.3, 0.4) is 0 Å². The average molecular weight is 650 g/mol. The summed E-state index contributed by atoms with van der Waals surface area (Å²) in [4.78, 5) is 0. The third-order valence-corrected chi connectivity index (χ3v) is 10.8. The van der Waals surface area contributed by atoms with E-state index in [1.165, 1.54) is 104 Å². The van der Waals surface area contributed by atoms with Crippen LogP contribution in [0.4, 0.5) is 0 Å². The van der Waals surface area contributed by atoms with Crippen molar-refractivity contribution in [2.75, 3.05) is 0 Å². The molecule has 0 N–H and O–H groups in total. The molecule has 10 rings (SSSR count). The largest absolute Gasteiger partial charge is 0.309 e. The van der Waals surface area contributed by atoms with Gasteiger partial charge in [0.25, 0.3) is 0 Å². The predicted octanol–water partition coefficient (Wildman–Crippen LogP) is 13.9. The molecular weight excluding hydrogens is 615 g/mol. The van der Waals surface area contributed by atoms with Crippen LogP contribution in [0.25, 0.3) is 93.2 Å². The summed E-state index contributed by atoms with van der Waals surface area (Å²) in [5, 5.41) is 10.2. The van der Waals surface area contributed by atoms with Crippen molar-refractivity contribution in [3.8, 4) is 39.1 Å². The molecule has 0 atom stereocenters. The maximum atomic E-state index is 2.47. The molecule has 10 aromatic rings. The molecule has 0 radical (unpaired) electrons. The van der Waals surface area contributed by atoms with Gasteiger partial charge in [-0.05, 0) is 127 Å². The first-order valence-electron chi connectivity index (χ1n) is 17.8. The SMILES string of the molecule is Cc1cc(-n2c3ccccc3c3cc(-c4ccc5ccccc5c4)ccc32)c(C)cc1-c1c2ccccc2c(-c2ccccc2)c2ccccc12. The summed E-state index contributed by atoms with van der Waals surface area (Å²) in [6.07, 6.45) is 0. The Morgan fingerprint density at radius 3 is 1.61 bits per heavy atom. The number of para-hydroxylation sites is 1. The Morgan fingerprint density at radius 1 is 0.333 bits per heavy atom. The maximum absolute atomic E-state index is 2.47. The van der Waals surface area contributed by atoms with Crippen LogP contribution in [0.5, 0.6) is 0 Å². The highest BCUT2D eigenvalue weighted by Crippen LogP contribution is 2.45. The number of hydrogen-bond acceptors (Lipinski definition) is 0. The number of fused-ring (bicyclic) bond motifs is 6. The van der Waals surface area contributed by atoms with E-state index in [2.05, 4.69) is 194 Å². The summed E-state index contributed by atoms with van der Waals surface area (Å²) in [7, 11) is 0. The molecule has 0 fully saturated rings. The van der Waals surface area contributed by atoms with Crippen LogP contribution >= 0.6 is 0 Å². The van der Waals surface area contributed by atoms with Gasteiger partial charge in [-0.25, -0.2) is 0 Å². The van der Waals surface area contributed by atoms with Gasteiger partial charge in [0.1, 0.15) is 0 Å². The quantitative estimate of drug-likeness (QED) is 0.167. The zero-order valence-electron chi connectivity index (χ0n) is 28.7. The fourth-order valence-corrected chi connectivity index (χ4v) is 8.43. The second-order valence-electron chi connectivity index (χ2n) is 13.8. The fraction of sp³-hybridized carbons (Fsp3) is 0.0400. The van der Waals surface area contributed by atoms with E-state index in [-0.39, 0.29) is 0 Å². The molecule has 1 heteroatoms. The van der Waals surface area contributed by atoms with E-state index in [1.54, 1.807) is 0 Å². The minimum atomic E-state index is 1.22. The molecule has 51 heavy (non-hydrogen) atoms. The van der Waals surface area contributed by atoms with E-state index < -0.39 is 0 Å². The van der Waals surface area contributed by atoms with Gasteiger partial charge in [0.2, 0.25) is 0 Å². The smallest absolute Gasteiger partial charge is 0.0541 e. The van der Waals surface area contributed by atoms with Crippen molar-refractivity contribution in [1.82, 2.24) is 4.57 Å². The van der Waals surface area contributed by atoms with Crippen LogP contribution in [0.15, 0.2) is 176 Å². The van der Waals surface area contributed by atoms with E-state index >= 15 is 0 Å². The van der Waals surface area contributed by atoms with Crippen molar-refractivity contribution in [1.29, 1.82) is 0 Å². The van der Waals surface area contributed by atoms with Gasteiger partial charge < -0.3 is 4.57 Å². The highest BCUT2D eigenvalue weighted by Gasteiger charge is 2.20. The summed E-state index contributed by atoms with van der Waals surface area (Å²) < 4.78 is 2.47. The second kappa shape index (κ2) is 11.6. The Labute approximate surface area is 297 Å². The third kappa shape index (κ3) is 4.62. The van der Waals surface area contributed by atoms with E-state index in [4.69, 9.17) is 0 Å². The number of rotatable bonds is 4. The predicted molar refractivity (Wildman–Crippen MR) is 219 cm³/mol. The fourth-order valence-electron chi connectivity index (χ4n) is 8.43. The zero-order valence-corrected chi connectivity index (χ0v) is 28.7. The van der Waals surface area contributed by atoms with Crippen LogP contribution in [0, 0.1) is 13.8 Å². The van der Waals surface area contributed by atoms with Crippen molar-refractivity contribution in [2.24, 2.45) is 0 Å². The lowest BCUT2D eigenvalue weighted by Crippen LogP contribution is -2.00. The minimum Gasteiger partial charge on any atom is -0.309 e. The monoisotopic (exact) mass is 649 g/mol. The lowest BCUT2D eigenvalue weighted by molar-refractivity contribution is 1.14. The Kier molecular flexibility index (Phi) is 6.69. The molecule has 0 aliphatic carbocycles. The van der Waals surface area contributed by atoms with Crippen molar-refractivity contribution in [3.63, 3.8) is 0 Å². The highest BCUT2D eigenvalue weighted by molar-refractivity contribution is 6.21. The Balaban J connectivity index is 1.18. The van der Waals surface area contributed by atoms with Gasteiger partial charge in [-0.1, -0.05) is 140 Å². The topological polar surface area (TPSA) is 4.93 Å². The first kappa shape index (κ1) is 29.5. The molecular formula is C50H35N. The van der Waals surface area contributed by atoms with E-state index in [9.17, 15) is 0 Å². The van der Waals surface area contributed by atoms with Crippen molar-refractivity contribution < 1.29 is 0 Å².